The fourth-order valence-electron chi connectivity index (χ4n) is 6.36. The van der Waals surface area contributed by atoms with Gasteiger partial charge >= 0.3 is 0 Å². The minimum atomic E-state index is 0.127. The van der Waals surface area contributed by atoms with Crippen molar-refractivity contribution in [3.63, 3.8) is 0 Å². The van der Waals surface area contributed by atoms with E-state index in [4.69, 9.17) is 11.6 Å². The molecule has 0 spiro atoms. The Kier molecular flexibility index (Phi) is 6.63. The second-order valence-electron chi connectivity index (χ2n) is 10.2. The Bertz CT molecular complexity index is 1200. The third-order valence-electron chi connectivity index (χ3n) is 7.92. The number of para-hydroxylation sites is 1. The van der Waals surface area contributed by atoms with Gasteiger partial charge in [-0.3, -0.25) is 14.5 Å². The van der Waals surface area contributed by atoms with E-state index < -0.39 is 0 Å². The van der Waals surface area contributed by atoms with Crippen molar-refractivity contribution in [2.75, 3.05) is 6.54 Å². The minimum absolute atomic E-state index is 0.127. The number of aromatic nitrogens is 1. The van der Waals surface area contributed by atoms with Crippen molar-refractivity contribution in [1.82, 2.24) is 9.47 Å². The van der Waals surface area contributed by atoms with E-state index in [1.54, 1.807) is 19.1 Å². The van der Waals surface area contributed by atoms with Gasteiger partial charge in [-0.05, 0) is 81.7 Å². The number of halogens is 1. The zero-order valence-electron chi connectivity index (χ0n) is 20.1. The van der Waals surface area contributed by atoms with Crippen LogP contribution in [0.25, 0.3) is 10.9 Å². The van der Waals surface area contributed by atoms with Gasteiger partial charge in [0.1, 0.15) is 0 Å². The Morgan fingerprint density at radius 2 is 1.71 bits per heavy atom. The molecule has 0 N–H and O–H groups in total. The summed E-state index contributed by atoms with van der Waals surface area (Å²) < 4.78 is 2.28. The van der Waals surface area contributed by atoms with Crippen LogP contribution in [-0.2, 0) is 6.54 Å². The molecule has 3 heterocycles. The van der Waals surface area contributed by atoms with E-state index in [0.717, 1.165) is 48.9 Å². The molecule has 2 aliphatic rings. The SMILES string of the molecule is CC(=O)c1cn(CCCN2C3CCC2CC(CC(=O)c2ccc(Cl)cc2)C3)c2c(C)cccc12. The maximum absolute atomic E-state index is 12.8. The number of benzene rings is 2. The quantitative estimate of drug-likeness (QED) is 0.339. The highest BCUT2D eigenvalue weighted by Crippen LogP contribution is 2.40. The molecule has 5 heteroatoms. The lowest BCUT2D eigenvalue weighted by Gasteiger charge is -2.39. The number of hydrogen-bond donors (Lipinski definition) is 0. The summed E-state index contributed by atoms with van der Waals surface area (Å²) in [6.45, 7) is 5.78. The van der Waals surface area contributed by atoms with Gasteiger partial charge in [0.15, 0.2) is 11.6 Å². The number of carbonyl (C=O) groups is 2. The van der Waals surface area contributed by atoms with Gasteiger partial charge in [0, 0.05) is 59.3 Å². The van der Waals surface area contributed by atoms with Gasteiger partial charge in [-0.2, -0.15) is 0 Å². The van der Waals surface area contributed by atoms with Crippen molar-refractivity contribution in [1.29, 1.82) is 0 Å². The topological polar surface area (TPSA) is 42.3 Å². The normalized spacial score (nSPS) is 22.4. The molecular formula is C29H33ClN2O2. The van der Waals surface area contributed by atoms with Crippen molar-refractivity contribution in [2.45, 2.75) is 71.0 Å². The zero-order valence-corrected chi connectivity index (χ0v) is 20.9. The van der Waals surface area contributed by atoms with Gasteiger partial charge in [-0.15, -0.1) is 0 Å². The lowest BCUT2D eigenvalue weighted by molar-refractivity contribution is 0.0807. The fourth-order valence-corrected chi connectivity index (χ4v) is 6.49. The molecule has 2 atom stereocenters. The Balaban J connectivity index is 1.20. The van der Waals surface area contributed by atoms with Gasteiger partial charge in [0.25, 0.3) is 0 Å². The molecule has 34 heavy (non-hydrogen) atoms. The Morgan fingerprint density at radius 1 is 1.00 bits per heavy atom. The monoisotopic (exact) mass is 476 g/mol. The highest BCUT2D eigenvalue weighted by Gasteiger charge is 2.40. The smallest absolute Gasteiger partial charge is 0.163 e. The van der Waals surface area contributed by atoms with E-state index in [1.165, 1.54) is 23.9 Å². The molecule has 0 radical (unpaired) electrons. The molecule has 4 nitrogen and oxygen atoms in total. The lowest BCUT2D eigenvalue weighted by Crippen LogP contribution is -2.43. The molecule has 0 saturated carbocycles. The van der Waals surface area contributed by atoms with E-state index in [-0.39, 0.29) is 11.6 Å². The summed E-state index contributed by atoms with van der Waals surface area (Å²) in [7, 11) is 0. The van der Waals surface area contributed by atoms with Crippen molar-refractivity contribution in [3.05, 3.63) is 70.4 Å². The second-order valence-corrected chi connectivity index (χ2v) is 10.6. The summed E-state index contributed by atoms with van der Waals surface area (Å²) in [5, 5.41) is 1.74. The van der Waals surface area contributed by atoms with E-state index >= 15 is 0 Å². The first-order valence-electron chi connectivity index (χ1n) is 12.5. The third-order valence-corrected chi connectivity index (χ3v) is 8.17. The lowest BCUT2D eigenvalue weighted by atomic mass is 9.85. The molecule has 2 unspecified atom stereocenters. The first-order valence-corrected chi connectivity index (χ1v) is 12.9. The van der Waals surface area contributed by atoms with E-state index in [2.05, 4.69) is 28.5 Å². The molecule has 2 fully saturated rings. The number of Topliss-reactive ketones (excluding diaryl/α,β-unsaturated/α-hetero) is 2. The highest BCUT2D eigenvalue weighted by atomic mass is 35.5. The average Bonchev–Trinajstić information content (AvgIpc) is 3.29. The predicted molar refractivity (Wildman–Crippen MR) is 138 cm³/mol. The number of ketones is 2. The summed E-state index contributed by atoms with van der Waals surface area (Å²) >= 11 is 5.97. The number of hydrogen-bond acceptors (Lipinski definition) is 3. The minimum Gasteiger partial charge on any atom is -0.346 e. The molecule has 0 amide bonds. The highest BCUT2D eigenvalue weighted by molar-refractivity contribution is 6.30. The largest absolute Gasteiger partial charge is 0.346 e. The van der Waals surface area contributed by atoms with Crippen molar-refractivity contribution in [2.24, 2.45) is 5.92 Å². The van der Waals surface area contributed by atoms with Crippen LogP contribution in [0.1, 0.15) is 71.7 Å². The zero-order chi connectivity index (χ0) is 23.8. The summed E-state index contributed by atoms with van der Waals surface area (Å²) in [5.74, 6) is 0.847. The Morgan fingerprint density at radius 3 is 2.38 bits per heavy atom. The van der Waals surface area contributed by atoms with Crippen LogP contribution >= 0.6 is 11.6 Å². The second kappa shape index (κ2) is 9.67. The molecule has 0 aliphatic carbocycles. The van der Waals surface area contributed by atoms with E-state index in [1.807, 2.05) is 24.4 Å². The first kappa shape index (κ1) is 23.3. The predicted octanol–water partition coefficient (Wildman–Crippen LogP) is 6.71. The molecule has 5 rings (SSSR count). The molecule has 2 bridgehead atoms. The van der Waals surface area contributed by atoms with Crippen LogP contribution in [0, 0.1) is 12.8 Å². The van der Waals surface area contributed by atoms with Crippen LogP contribution in [-0.4, -0.2) is 39.7 Å². The van der Waals surface area contributed by atoms with Crippen molar-refractivity contribution in [3.8, 4) is 0 Å². The van der Waals surface area contributed by atoms with Crippen LogP contribution in [0.3, 0.4) is 0 Å². The van der Waals surface area contributed by atoms with Crippen LogP contribution in [0.15, 0.2) is 48.7 Å². The van der Waals surface area contributed by atoms with Crippen molar-refractivity contribution >= 4 is 34.1 Å². The van der Waals surface area contributed by atoms with Crippen molar-refractivity contribution < 1.29 is 9.59 Å². The number of piperidine rings is 1. The number of fused-ring (bicyclic) bond motifs is 3. The molecule has 178 valence electrons. The standard InChI is InChI=1S/C29H33ClN2O2/c1-19-5-3-6-26-27(20(2)33)18-31(29(19)26)13-4-14-32-24-11-12-25(32)16-21(15-24)17-28(34)22-7-9-23(30)10-8-22/h3,5-10,18,21,24-25H,4,11-17H2,1-2H3. The maximum atomic E-state index is 12.8. The molecule has 2 aromatic carbocycles. The molecule has 1 aromatic heterocycles. The van der Waals surface area contributed by atoms with Gasteiger partial charge < -0.3 is 4.57 Å². The fraction of sp³-hybridized carbons (Fsp3) is 0.448. The number of carbonyl (C=O) groups excluding carboxylic acids is 2. The van der Waals surface area contributed by atoms with Crippen LogP contribution in [0.2, 0.25) is 5.02 Å². The third kappa shape index (κ3) is 4.58. The number of rotatable bonds is 8. The molecular weight excluding hydrogens is 444 g/mol. The van der Waals surface area contributed by atoms with E-state index in [9.17, 15) is 9.59 Å². The van der Waals surface area contributed by atoms with Gasteiger partial charge in [0.05, 0.1) is 5.52 Å². The van der Waals surface area contributed by atoms with Crippen LogP contribution in [0.4, 0.5) is 0 Å². The molecule has 3 aromatic rings. The van der Waals surface area contributed by atoms with E-state index in [0.29, 0.717) is 29.4 Å². The van der Waals surface area contributed by atoms with Crippen LogP contribution < -0.4 is 0 Å². The number of nitrogens with zero attached hydrogens (tertiary/aromatic N) is 2. The van der Waals surface area contributed by atoms with Gasteiger partial charge in [-0.25, -0.2) is 0 Å². The number of aryl methyl sites for hydroxylation is 2. The van der Waals surface area contributed by atoms with Gasteiger partial charge in [-0.1, -0.05) is 29.8 Å². The Labute approximate surface area is 206 Å². The average molecular weight is 477 g/mol. The molecule has 2 aliphatic heterocycles. The van der Waals surface area contributed by atoms with Crippen LogP contribution in [0.5, 0.6) is 0 Å². The summed E-state index contributed by atoms with van der Waals surface area (Å²) in [4.78, 5) is 27.6. The summed E-state index contributed by atoms with van der Waals surface area (Å²) in [6, 6.07) is 14.7. The summed E-state index contributed by atoms with van der Waals surface area (Å²) in [5.41, 5.74) is 4.01. The first-order chi connectivity index (χ1) is 16.4. The summed E-state index contributed by atoms with van der Waals surface area (Å²) in [6.07, 6.45) is 8.49. The maximum Gasteiger partial charge on any atom is 0.163 e. The van der Waals surface area contributed by atoms with Gasteiger partial charge in [0.2, 0.25) is 0 Å². The molecule has 2 saturated heterocycles. The Hall–Kier alpha value is -2.43.